The Morgan fingerprint density at radius 2 is 2.19 bits per heavy atom. The predicted octanol–water partition coefficient (Wildman–Crippen LogP) is 2.21. The van der Waals surface area contributed by atoms with Crippen molar-refractivity contribution in [2.45, 2.75) is 39.2 Å². The second-order valence-electron chi connectivity index (χ2n) is 4.45. The maximum Gasteiger partial charge on any atom is 0.134 e. The van der Waals surface area contributed by atoms with Gasteiger partial charge >= 0.3 is 0 Å². The molecule has 2 rings (SSSR count). The number of piperidine rings is 1. The number of nitrogens with one attached hydrogen (secondary N) is 1. The van der Waals surface area contributed by atoms with Gasteiger partial charge in [0.25, 0.3) is 0 Å². The molecule has 1 atom stereocenters. The van der Waals surface area contributed by atoms with E-state index in [0.29, 0.717) is 6.04 Å². The highest BCUT2D eigenvalue weighted by Crippen LogP contribution is 2.24. The van der Waals surface area contributed by atoms with Crippen LogP contribution in [-0.4, -0.2) is 29.6 Å². The molecule has 0 spiro atoms. The largest absolute Gasteiger partial charge is 0.373 e. The normalized spacial score (nSPS) is 20.9. The molecule has 1 saturated heterocycles. The molecule has 1 N–H and O–H groups in total. The number of anilines is 2. The Balaban J connectivity index is 2.27. The first kappa shape index (κ1) is 11.2. The summed E-state index contributed by atoms with van der Waals surface area (Å²) in [6.45, 7) is 5.33. The van der Waals surface area contributed by atoms with Gasteiger partial charge in [-0.1, -0.05) is 0 Å². The van der Waals surface area contributed by atoms with Crippen molar-refractivity contribution in [2.75, 3.05) is 23.8 Å². The maximum atomic E-state index is 4.53. The Hall–Kier alpha value is -1.32. The third kappa shape index (κ3) is 2.26. The number of aromatic nitrogens is 2. The summed E-state index contributed by atoms with van der Waals surface area (Å²) in [5.41, 5.74) is 0. The van der Waals surface area contributed by atoms with Crippen LogP contribution in [0.25, 0.3) is 0 Å². The van der Waals surface area contributed by atoms with Gasteiger partial charge in [0.2, 0.25) is 0 Å². The van der Waals surface area contributed by atoms with E-state index >= 15 is 0 Å². The minimum absolute atomic E-state index is 0.591. The van der Waals surface area contributed by atoms with E-state index in [1.165, 1.54) is 19.3 Å². The van der Waals surface area contributed by atoms with Crippen LogP contribution < -0.4 is 10.2 Å². The highest BCUT2D eigenvalue weighted by Gasteiger charge is 2.20. The van der Waals surface area contributed by atoms with Gasteiger partial charge in [-0.15, -0.1) is 0 Å². The lowest BCUT2D eigenvalue weighted by molar-refractivity contribution is 0.480. The average molecular weight is 220 g/mol. The zero-order valence-corrected chi connectivity index (χ0v) is 10.3. The van der Waals surface area contributed by atoms with E-state index in [4.69, 9.17) is 0 Å². The summed E-state index contributed by atoms with van der Waals surface area (Å²) in [5.74, 6) is 2.80. The number of rotatable bonds is 2. The maximum absolute atomic E-state index is 4.53. The predicted molar refractivity (Wildman–Crippen MR) is 67.0 cm³/mol. The van der Waals surface area contributed by atoms with Crippen LogP contribution in [0.2, 0.25) is 0 Å². The van der Waals surface area contributed by atoms with E-state index in [-0.39, 0.29) is 0 Å². The summed E-state index contributed by atoms with van der Waals surface area (Å²) in [7, 11) is 1.89. The molecule has 4 nitrogen and oxygen atoms in total. The molecule has 0 radical (unpaired) electrons. The summed E-state index contributed by atoms with van der Waals surface area (Å²) in [5, 5.41) is 3.08. The number of aryl methyl sites for hydroxylation is 1. The first-order chi connectivity index (χ1) is 7.70. The Morgan fingerprint density at radius 1 is 1.38 bits per heavy atom. The van der Waals surface area contributed by atoms with Crippen LogP contribution in [0.15, 0.2) is 6.07 Å². The Labute approximate surface area is 97.1 Å². The monoisotopic (exact) mass is 220 g/mol. The fourth-order valence-corrected chi connectivity index (χ4v) is 2.27. The minimum Gasteiger partial charge on any atom is -0.373 e. The Kier molecular flexibility index (Phi) is 3.27. The quantitative estimate of drug-likeness (QED) is 0.829. The average Bonchev–Trinajstić information content (AvgIpc) is 2.28. The summed E-state index contributed by atoms with van der Waals surface area (Å²) in [6, 6.07) is 2.63. The lowest BCUT2D eigenvalue weighted by Crippen LogP contribution is -2.38. The molecule has 88 valence electrons. The number of nitrogens with zero attached hydrogens (tertiary/aromatic N) is 3. The number of hydrogen-bond acceptors (Lipinski definition) is 4. The van der Waals surface area contributed by atoms with Gasteiger partial charge in [-0.05, 0) is 33.1 Å². The minimum atomic E-state index is 0.591. The summed E-state index contributed by atoms with van der Waals surface area (Å²) < 4.78 is 0. The molecular formula is C12H20N4. The van der Waals surface area contributed by atoms with Crippen LogP contribution in [0.3, 0.4) is 0 Å². The molecule has 1 aliphatic heterocycles. The van der Waals surface area contributed by atoms with Crippen LogP contribution in [0, 0.1) is 6.92 Å². The molecular weight excluding hydrogens is 200 g/mol. The third-order valence-electron chi connectivity index (χ3n) is 3.18. The lowest BCUT2D eigenvalue weighted by Gasteiger charge is -2.34. The molecule has 1 aromatic heterocycles. The van der Waals surface area contributed by atoms with Crippen molar-refractivity contribution in [3.8, 4) is 0 Å². The topological polar surface area (TPSA) is 41.0 Å². The standard InChI is InChI=1S/C12H20N4/c1-9-6-4-5-7-16(9)12-8-11(13-3)14-10(2)15-12/h8-9H,4-7H2,1-3H3,(H,13,14,15)/t9-/m1/s1. The molecule has 1 aliphatic rings. The highest BCUT2D eigenvalue weighted by atomic mass is 15.2. The molecule has 1 fully saturated rings. The van der Waals surface area contributed by atoms with E-state index in [0.717, 1.165) is 24.0 Å². The van der Waals surface area contributed by atoms with Crippen LogP contribution in [0.4, 0.5) is 11.6 Å². The smallest absolute Gasteiger partial charge is 0.134 e. The molecule has 1 aromatic rings. The molecule has 0 unspecified atom stereocenters. The van der Waals surface area contributed by atoms with Crippen LogP contribution in [0.5, 0.6) is 0 Å². The van der Waals surface area contributed by atoms with Gasteiger partial charge in [0.1, 0.15) is 17.5 Å². The van der Waals surface area contributed by atoms with E-state index in [1.54, 1.807) is 0 Å². The van der Waals surface area contributed by atoms with Crippen LogP contribution in [0.1, 0.15) is 32.0 Å². The van der Waals surface area contributed by atoms with Crippen molar-refractivity contribution < 1.29 is 0 Å². The molecule has 0 aromatic carbocycles. The van der Waals surface area contributed by atoms with Gasteiger partial charge in [0, 0.05) is 25.7 Å². The molecule has 0 saturated carbocycles. The van der Waals surface area contributed by atoms with Crippen LogP contribution in [-0.2, 0) is 0 Å². The van der Waals surface area contributed by atoms with Gasteiger partial charge in [-0.2, -0.15) is 0 Å². The zero-order chi connectivity index (χ0) is 11.5. The zero-order valence-electron chi connectivity index (χ0n) is 10.3. The van der Waals surface area contributed by atoms with E-state index < -0.39 is 0 Å². The van der Waals surface area contributed by atoms with Crippen molar-refractivity contribution >= 4 is 11.6 Å². The molecule has 0 amide bonds. The van der Waals surface area contributed by atoms with Crippen molar-refractivity contribution in [1.82, 2.24) is 9.97 Å². The molecule has 2 heterocycles. The van der Waals surface area contributed by atoms with Crippen molar-refractivity contribution in [1.29, 1.82) is 0 Å². The lowest BCUT2D eigenvalue weighted by atomic mass is 10.0. The fourth-order valence-electron chi connectivity index (χ4n) is 2.27. The highest BCUT2D eigenvalue weighted by molar-refractivity contribution is 5.49. The van der Waals surface area contributed by atoms with Gasteiger partial charge in [0.05, 0.1) is 0 Å². The van der Waals surface area contributed by atoms with E-state index in [9.17, 15) is 0 Å². The fraction of sp³-hybridized carbons (Fsp3) is 0.667. The molecule has 0 aliphatic carbocycles. The van der Waals surface area contributed by atoms with Gasteiger partial charge in [-0.25, -0.2) is 9.97 Å². The first-order valence-electron chi connectivity index (χ1n) is 6.01. The first-order valence-corrected chi connectivity index (χ1v) is 6.01. The van der Waals surface area contributed by atoms with Crippen LogP contribution >= 0.6 is 0 Å². The summed E-state index contributed by atoms with van der Waals surface area (Å²) in [6.07, 6.45) is 3.86. The Morgan fingerprint density at radius 3 is 2.88 bits per heavy atom. The van der Waals surface area contributed by atoms with E-state index in [1.807, 2.05) is 20.0 Å². The van der Waals surface area contributed by atoms with Gasteiger partial charge in [-0.3, -0.25) is 0 Å². The Bertz CT molecular complexity index is 364. The van der Waals surface area contributed by atoms with Crippen molar-refractivity contribution in [2.24, 2.45) is 0 Å². The molecule has 16 heavy (non-hydrogen) atoms. The third-order valence-corrected chi connectivity index (χ3v) is 3.18. The second kappa shape index (κ2) is 4.68. The van der Waals surface area contributed by atoms with Gasteiger partial charge in [0.15, 0.2) is 0 Å². The summed E-state index contributed by atoms with van der Waals surface area (Å²) >= 11 is 0. The molecule has 4 heteroatoms. The van der Waals surface area contributed by atoms with E-state index in [2.05, 4.69) is 27.1 Å². The SMILES string of the molecule is CNc1cc(N2CCCC[C@H]2C)nc(C)n1. The summed E-state index contributed by atoms with van der Waals surface area (Å²) in [4.78, 5) is 11.2. The van der Waals surface area contributed by atoms with Crippen molar-refractivity contribution in [3.05, 3.63) is 11.9 Å². The second-order valence-corrected chi connectivity index (χ2v) is 4.45. The van der Waals surface area contributed by atoms with Gasteiger partial charge < -0.3 is 10.2 Å². The number of hydrogen-bond donors (Lipinski definition) is 1. The molecule has 0 bridgehead atoms. The van der Waals surface area contributed by atoms with Crippen molar-refractivity contribution in [3.63, 3.8) is 0 Å².